The average Bonchev–Trinajstić information content (AvgIpc) is 2.81. The molecule has 0 bridgehead atoms. The molecule has 1 fully saturated rings. The molecule has 178 valence electrons. The first-order valence-corrected chi connectivity index (χ1v) is 12.5. The molecular weight excluding hydrogens is 468 g/mol. The number of esters is 1. The summed E-state index contributed by atoms with van der Waals surface area (Å²) in [6.07, 6.45) is 0.541. The van der Waals surface area contributed by atoms with Crippen LogP contribution in [0.25, 0.3) is 0 Å². The zero-order valence-electron chi connectivity index (χ0n) is 18.5. The van der Waals surface area contributed by atoms with Crippen molar-refractivity contribution in [3.8, 4) is 5.75 Å². The molecule has 1 heterocycles. The molecule has 3 rings (SSSR count). The minimum absolute atomic E-state index is 0.0404. The number of hydrogen-bond acceptors (Lipinski definition) is 6. The van der Waals surface area contributed by atoms with Gasteiger partial charge in [-0.2, -0.15) is 4.31 Å². The topological polar surface area (TPSA) is 102 Å². The summed E-state index contributed by atoms with van der Waals surface area (Å²) in [6, 6.07) is 12.9. The Morgan fingerprint density at radius 2 is 1.67 bits per heavy atom. The van der Waals surface area contributed by atoms with E-state index in [1.807, 2.05) is 6.07 Å². The fourth-order valence-corrected chi connectivity index (χ4v) is 5.03. The van der Waals surface area contributed by atoms with Crippen LogP contribution in [0, 0.1) is 0 Å². The zero-order valence-corrected chi connectivity index (χ0v) is 20.1. The molecule has 2 atom stereocenters. The number of para-hydroxylation sites is 1. The van der Waals surface area contributed by atoms with Gasteiger partial charge in [0.1, 0.15) is 5.75 Å². The second kappa shape index (κ2) is 11.0. The summed E-state index contributed by atoms with van der Waals surface area (Å²) >= 11 is 6.18. The van der Waals surface area contributed by atoms with Gasteiger partial charge in [-0.25, -0.2) is 13.2 Å². The summed E-state index contributed by atoms with van der Waals surface area (Å²) in [6.45, 7) is 3.85. The summed E-state index contributed by atoms with van der Waals surface area (Å²) in [4.78, 5) is 24.9. The first kappa shape index (κ1) is 25.0. The van der Waals surface area contributed by atoms with Gasteiger partial charge in [-0.05, 0) is 57.0 Å². The third-order valence-corrected chi connectivity index (χ3v) is 7.42. The molecule has 2 unspecified atom stereocenters. The number of carbonyl (C=O) groups excluding carboxylic acids is 2. The van der Waals surface area contributed by atoms with Crippen LogP contribution in [-0.2, 0) is 24.3 Å². The largest absolute Gasteiger partial charge is 0.479 e. The summed E-state index contributed by atoms with van der Waals surface area (Å²) in [5, 5.41) is 2.71. The molecule has 0 spiro atoms. The SMILES string of the molecule is CC(OC(=O)C(C)Oc1ccccc1)C(=O)Nc1cc(S(=O)(=O)N2CCCCC2)ccc1Cl. The van der Waals surface area contributed by atoms with E-state index in [1.54, 1.807) is 24.3 Å². The van der Waals surface area contributed by atoms with Crippen molar-refractivity contribution in [2.75, 3.05) is 18.4 Å². The van der Waals surface area contributed by atoms with Crippen LogP contribution in [0.5, 0.6) is 5.75 Å². The highest BCUT2D eigenvalue weighted by Crippen LogP contribution is 2.28. The Bertz CT molecular complexity index is 1090. The standard InChI is InChI=1S/C23H27ClN2O6S/c1-16(32-23(28)17(2)31-18-9-5-3-6-10-18)22(27)25-21-15-19(11-12-20(21)24)33(29,30)26-13-7-4-8-14-26/h3,5-6,9-12,15-17H,4,7-8,13-14H2,1-2H3,(H,25,27). The number of ether oxygens (including phenoxy) is 2. The fourth-order valence-electron chi connectivity index (χ4n) is 3.32. The van der Waals surface area contributed by atoms with Gasteiger partial charge in [0.2, 0.25) is 10.0 Å². The van der Waals surface area contributed by atoms with Gasteiger partial charge in [0.05, 0.1) is 15.6 Å². The van der Waals surface area contributed by atoms with Crippen molar-refractivity contribution in [2.45, 2.75) is 50.2 Å². The van der Waals surface area contributed by atoms with Gasteiger partial charge in [0.25, 0.3) is 5.91 Å². The van der Waals surface area contributed by atoms with E-state index in [2.05, 4.69) is 5.32 Å². The number of benzene rings is 2. The number of rotatable bonds is 8. The maximum atomic E-state index is 12.9. The summed E-state index contributed by atoms with van der Waals surface area (Å²) in [5.41, 5.74) is 0.122. The number of halogens is 1. The van der Waals surface area contributed by atoms with Crippen molar-refractivity contribution < 1.29 is 27.5 Å². The lowest BCUT2D eigenvalue weighted by molar-refractivity contribution is -0.159. The van der Waals surface area contributed by atoms with E-state index in [0.29, 0.717) is 18.8 Å². The highest BCUT2D eigenvalue weighted by molar-refractivity contribution is 7.89. The highest BCUT2D eigenvalue weighted by atomic mass is 35.5. The number of amides is 1. The molecule has 0 aromatic heterocycles. The Labute approximate surface area is 198 Å². The van der Waals surface area contributed by atoms with Gasteiger partial charge in [0, 0.05) is 13.1 Å². The van der Waals surface area contributed by atoms with E-state index < -0.39 is 34.1 Å². The molecule has 1 N–H and O–H groups in total. The van der Waals surface area contributed by atoms with E-state index in [-0.39, 0.29) is 15.6 Å². The number of anilines is 1. The molecule has 8 nitrogen and oxygen atoms in total. The number of piperidine rings is 1. The number of sulfonamides is 1. The van der Waals surface area contributed by atoms with Crippen LogP contribution < -0.4 is 10.1 Å². The first-order chi connectivity index (χ1) is 15.7. The van der Waals surface area contributed by atoms with Crippen LogP contribution in [0.3, 0.4) is 0 Å². The first-order valence-electron chi connectivity index (χ1n) is 10.7. The Balaban J connectivity index is 1.64. The van der Waals surface area contributed by atoms with Crippen LogP contribution in [-0.4, -0.2) is 49.9 Å². The number of nitrogens with one attached hydrogen (secondary N) is 1. The quantitative estimate of drug-likeness (QED) is 0.559. The Kier molecular flexibility index (Phi) is 8.34. The minimum atomic E-state index is -3.70. The van der Waals surface area contributed by atoms with Crippen LogP contribution in [0.1, 0.15) is 33.1 Å². The maximum Gasteiger partial charge on any atom is 0.347 e. The molecule has 2 aromatic rings. The molecule has 0 radical (unpaired) electrons. The molecular formula is C23H27ClN2O6S. The molecule has 2 aromatic carbocycles. The Morgan fingerprint density at radius 3 is 2.33 bits per heavy atom. The summed E-state index contributed by atoms with van der Waals surface area (Å²) in [5.74, 6) is -0.865. The zero-order chi connectivity index (χ0) is 24.0. The lowest BCUT2D eigenvalue weighted by Gasteiger charge is -2.26. The summed E-state index contributed by atoms with van der Waals surface area (Å²) in [7, 11) is -3.70. The van der Waals surface area contributed by atoms with Crippen molar-refractivity contribution in [3.63, 3.8) is 0 Å². The lowest BCUT2D eigenvalue weighted by atomic mass is 10.2. The average molecular weight is 495 g/mol. The molecule has 1 aliphatic heterocycles. The highest BCUT2D eigenvalue weighted by Gasteiger charge is 2.28. The second-order valence-corrected chi connectivity index (χ2v) is 10.1. The van der Waals surface area contributed by atoms with Crippen molar-refractivity contribution in [2.24, 2.45) is 0 Å². The molecule has 1 aliphatic rings. The van der Waals surface area contributed by atoms with E-state index in [1.165, 1.54) is 36.4 Å². The van der Waals surface area contributed by atoms with Gasteiger partial charge in [0.15, 0.2) is 12.2 Å². The van der Waals surface area contributed by atoms with Crippen LogP contribution in [0.15, 0.2) is 53.4 Å². The smallest absolute Gasteiger partial charge is 0.347 e. The van der Waals surface area contributed by atoms with Crippen LogP contribution in [0.2, 0.25) is 5.02 Å². The molecule has 0 aliphatic carbocycles. The van der Waals surface area contributed by atoms with E-state index in [9.17, 15) is 18.0 Å². The molecule has 1 amide bonds. The third kappa shape index (κ3) is 6.46. The van der Waals surface area contributed by atoms with Crippen molar-refractivity contribution in [1.82, 2.24) is 4.31 Å². The van der Waals surface area contributed by atoms with Gasteiger partial charge >= 0.3 is 5.97 Å². The summed E-state index contributed by atoms with van der Waals surface area (Å²) < 4.78 is 38.0. The van der Waals surface area contributed by atoms with E-state index >= 15 is 0 Å². The third-order valence-electron chi connectivity index (χ3n) is 5.20. The van der Waals surface area contributed by atoms with E-state index in [4.69, 9.17) is 21.1 Å². The second-order valence-electron chi connectivity index (χ2n) is 7.75. The predicted octanol–water partition coefficient (Wildman–Crippen LogP) is 3.85. The predicted molar refractivity (Wildman–Crippen MR) is 125 cm³/mol. The van der Waals surface area contributed by atoms with Gasteiger partial charge in [-0.1, -0.05) is 36.2 Å². The number of hydrogen-bond donors (Lipinski definition) is 1. The normalized spacial score (nSPS) is 16.5. The fraction of sp³-hybridized carbons (Fsp3) is 0.391. The Morgan fingerprint density at radius 1 is 1.00 bits per heavy atom. The molecule has 33 heavy (non-hydrogen) atoms. The number of nitrogens with zero attached hydrogens (tertiary/aromatic N) is 1. The number of carbonyl (C=O) groups is 2. The molecule has 1 saturated heterocycles. The lowest BCUT2D eigenvalue weighted by Crippen LogP contribution is -2.36. The Hall–Kier alpha value is -2.62. The monoisotopic (exact) mass is 494 g/mol. The minimum Gasteiger partial charge on any atom is -0.479 e. The van der Waals surface area contributed by atoms with Gasteiger partial charge in [-0.3, -0.25) is 4.79 Å². The maximum absolute atomic E-state index is 12.9. The molecule has 0 saturated carbocycles. The van der Waals surface area contributed by atoms with Crippen molar-refractivity contribution in [3.05, 3.63) is 53.6 Å². The van der Waals surface area contributed by atoms with Crippen molar-refractivity contribution in [1.29, 1.82) is 0 Å². The van der Waals surface area contributed by atoms with Gasteiger partial charge in [-0.15, -0.1) is 0 Å². The van der Waals surface area contributed by atoms with Gasteiger partial charge < -0.3 is 14.8 Å². The molecule has 10 heteroatoms. The van der Waals surface area contributed by atoms with Crippen molar-refractivity contribution >= 4 is 39.2 Å². The van der Waals surface area contributed by atoms with Crippen LogP contribution >= 0.6 is 11.6 Å². The van der Waals surface area contributed by atoms with E-state index in [0.717, 1.165) is 19.3 Å². The van der Waals surface area contributed by atoms with Crippen LogP contribution in [0.4, 0.5) is 5.69 Å².